The number of hydrogen-bond acceptors (Lipinski definition) is 2. The number of para-hydroxylation sites is 5. The van der Waals surface area contributed by atoms with E-state index in [1.165, 1.54) is 194 Å². The predicted octanol–water partition coefficient (Wildman–Crippen LogP) is 36.8. The van der Waals surface area contributed by atoms with Gasteiger partial charge in [0.15, 0.2) is 0 Å². The first-order chi connectivity index (χ1) is 67.1. The summed E-state index contributed by atoms with van der Waals surface area (Å²) in [4.78, 5) is 4.94. The molecule has 2 heterocycles. The van der Waals surface area contributed by atoms with Crippen LogP contribution in [-0.2, 0) is 10.8 Å². The molecule has 20 aromatic carbocycles. The Morgan fingerprint density at radius 1 is 0.199 bits per heavy atom. The average Bonchev–Trinajstić information content (AvgIpc) is 1.55. The maximum Gasteiger partial charge on any atom is 0.0541 e. The number of unbranched alkanes of at least 4 members (excludes halogenated alkanes) is 2. The van der Waals surface area contributed by atoms with Crippen LogP contribution >= 0.6 is 0 Å². The highest BCUT2D eigenvalue weighted by Crippen LogP contribution is 2.58. The lowest BCUT2D eigenvalue weighted by Gasteiger charge is -2.34. The molecule has 136 heavy (non-hydrogen) atoms. The Morgan fingerprint density at radius 2 is 0.478 bits per heavy atom. The van der Waals surface area contributed by atoms with Gasteiger partial charge < -0.3 is 18.9 Å². The third kappa shape index (κ3) is 15.4. The van der Waals surface area contributed by atoms with Gasteiger partial charge >= 0.3 is 0 Å². The number of aromatic nitrogens is 2. The van der Waals surface area contributed by atoms with Gasteiger partial charge in [0.25, 0.3) is 0 Å². The Labute approximate surface area is 798 Å². The van der Waals surface area contributed by atoms with Crippen molar-refractivity contribution in [2.45, 2.75) is 77.0 Å². The van der Waals surface area contributed by atoms with Gasteiger partial charge in [-0.05, 0) is 268 Å². The lowest BCUT2D eigenvalue weighted by Crippen LogP contribution is -2.26. The van der Waals surface area contributed by atoms with Crippen LogP contribution in [0.5, 0.6) is 0 Å². The summed E-state index contributed by atoms with van der Waals surface area (Å²) >= 11 is 0. The first-order valence-corrected chi connectivity index (χ1v) is 48.3. The molecular weight excluding hydrogens is 1640 g/mol. The van der Waals surface area contributed by atoms with E-state index >= 15 is 0 Å². The topological polar surface area (TPSA) is 16.3 Å². The molecule has 0 unspecified atom stereocenters. The molecule has 0 radical (unpaired) electrons. The third-order valence-electron chi connectivity index (χ3n) is 28.8. The summed E-state index contributed by atoms with van der Waals surface area (Å²) in [6.07, 6.45) is 6.85. The summed E-state index contributed by atoms with van der Waals surface area (Å²) < 4.78 is 4.93. The van der Waals surface area contributed by atoms with Crippen molar-refractivity contribution >= 4 is 77.7 Å². The molecule has 4 heteroatoms. The van der Waals surface area contributed by atoms with Crippen molar-refractivity contribution < 1.29 is 0 Å². The Morgan fingerprint density at radius 3 is 0.912 bits per heavy atom. The molecule has 2 aliphatic rings. The third-order valence-corrected chi connectivity index (χ3v) is 28.8. The number of hydrogen-bond donors (Lipinski definition) is 0. The molecule has 2 aromatic heterocycles. The molecule has 0 saturated carbocycles. The van der Waals surface area contributed by atoms with Crippen LogP contribution < -0.4 is 9.80 Å². The molecule has 0 fully saturated rings. The van der Waals surface area contributed by atoms with Gasteiger partial charge in [-0.15, -0.1) is 0 Å². The van der Waals surface area contributed by atoms with Gasteiger partial charge in [0.2, 0.25) is 0 Å². The molecule has 0 N–H and O–H groups in total. The van der Waals surface area contributed by atoms with Crippen LogP contribution in [0.15, 0.2) is 485 Å². The maximum absolute atomic E-state index is 2.56. The van der Waals surface area contributed by atoms with Crippen LogP contribution in [0.2, 0.25) is 0 Å². The average molecular weight is 1750 g/mol. The molecular formula is C132H104N4. The monoisotopic (exact) mass is 1740 g/mol. The van der Waals surface area contributed by atoms with Gasteiger partial charge in [-0.3, -0.25) is 0 Å². The van der Waals surface area contributed by atoms with E-state index in [4.69, 9.17) is 0 Å². The van der Waals surface area contributed by atoms with Gasteiger partial charge in [-0.2, -0.15) is 0 Å². The molecule has 0 aliphatic heterocycles. The standard InChI is InChI=1S/C69H58N2.C63H46N2/c1-3-5-44-69(45-6-4-2)65-47-59(40-42-61(65)62-43-41-60(48-66(62)69)71-67-26-15-13-24-63(67)64-25-14-16-27-68(64)71)70(57-36-32-53(33-37-57)52-30-28-51(29-31-52)49-18-9-7-10-19-49)58-38-34-54(35-39-58)56-23-17-22-55(46-56)50-20-11-8-12-21-50;1-63(2)58-41-51(35-37-54(58)55-38-36-52(42-59(55)63)65-61-29-13-10-26-56(61)57-27-11-14-30-62(57)65)64(50-24-16-23-49(40-50)48-22-15-21-47(39-48)44-19-7-4-8-20-44)60-28-12-9-25-53(60)46-33-31-45(32-34-46)43-17-5-3-6-18-43/h7-43,46-48H,3-6,44-45H2,1-2H3;3-42H,1-2H3. The summed E-state index contributed by atoms with van der Waals surface area (Å²) in [7, 11) is 0. The summed E-state index contributed by atoms with van der Waals surface area (Å²) in [6, 6.07) is 179. The Balaban J connectivity index is 0.000000154. The zero-order valence-corrected chi connectivity index (χ0v) is 77.2. The predicted molar refractivity (Wildman–Crippen MR) is 577 cm³/mol. The second-order valence-corrected chi connectivity index (χ2v) is 37.2. The van der Waals surface area contributed by atoms with E-state index in [-0.39, 0.29) is 10.8 Å². The van der Waals surface area contributed by atoms with Crippen LogP contribution in [0.3, 0.4) is 0 Å². The van der Waals surface area contributed by atoms with Crippen LogP contribution in [0.25, 0.3) is 166 Å². The molecule has 4 nitrogen and oxygen atoms in total. The molecule has 22 aromatic rings. The summed E-state index contributed by atoms with van der Waals surface area (Å²) in [5.41, 5.74) is 43.9. The van der Waals surface area contributed by atoms with Gasteiger partial charge in [0, 0.05) is 77.8 Å². The normalized spacial score (nSPS) is 12.6. The zero-order chi connectivity index (χ0) is 91.2. The van der Waals surface area contributed by atoms with Gasteiger partial charge in [-0.1, -0.05) is 411 Å². The van der Waals surface area contributed by atoms with Crippen molar-refractivity contribution in [3.05, 3.63) is 508 Å². The Bertz CT molecular complexity index is 8050. The summed E-state index contributed by atoms with van der Waals surface area (Å²) in [6.45, 7) is 9.48. The smallest absolute Gasteiger partial charge is 0.0541 e. The lowest BCUT2D eigenvalue weighted by atomic mass is 9.70. The molecule has 0 saturated heterocycles. The molecule has 2 aliphatic carbocycles. The van der Waals surface area contributed by atoms with E-state index < -0.39 is 0 Å². The summed E-state index contributed by atoms with van der Waals surface area (Å²) in [5, 5.41) is 5.14. The fraction of sp³-hybridized carbons (Fsp3) is 0.0909. The molecule has 24 rings (SSSR count). The van der Waals surface area contributed by atoms with Crippen LogP contribution in [0, 0.1) is 0 Å². The fourth-order valence-corrected chi connectivity index (χ4v) is 22.0. The van der Waals surface area contributed by atoms with Gasteiger partial charge in [0.1, 0.15) is 0 Å². The highest BCUT2D eigenvalue weighted by molar-refractivity contribution is 6.11. The van der Waals surface area contributed by atoms with E-state index in [2.05, 4.69) is 532 Å². The highest BCUT2D eigenvalue weighted by Gasteiger charge is 2.44. The van der Waals surface area contributed by atoms with Crippen LogP contribution in [0.1, 0.15) is 88.5 Å². The molecule has 652 valence electrons. The number of nitrogens with zero attached hydrogens (tertiary/aromatic N) is 4. The first kappa shape index (κ1) is 83.9. The SMILES string of the molecule is CC1(C)c2cc(N(c3cccc(-c4cccc(-c5ccccc5)c4)c3)c3ccccc3-c3ccc(-c4ccccc4)cc3)ccc2-c2ccc(-n3c4ccccc4c4ccccc43)cc21.CCCCC1(CCCC)c2cc(N(c3ccc(-c4ccc(-c5ccccc5)cc4)cc3)c3ccc(-c4cccc(-c5ccccc5)c4)cc3)ccc2-c2ccc(-n3c4ccccc4c4ccccc43)cc21. The molecule has 0 bridgehead atoms. The fourth-order valence-electron chi connectivity index (χ4n) is 22.0. The second kappa shape index (κ2) is 35.9. The van der Waals surface area contributed by atoms with Crippen molar-refractivity contribution in [1.29, 1.82) is 0 Å². The van der Waals surface area contributed by atoms with E-state index in [0.29, 0.717) is 0 Å². The largest absolute Gasteiger partial charge is 0.310 e. The number of fused-ring (bicyclic) bond motifs is 12. The quantitative estimate of drug-likeness (QED) is 0.0672. The maximum atomic E-state index is 2.56. The van der Waals surface area contributed by atoms with Crippen molar-refractivity contribution in [2.24, 2.45) is 0 Å². The summed E-state index contributed by atoms with van der Waals surface area (Å²) in [5.74, 6) is 0. The number of benzene rings is 20. The second-order valence-electron chi connectivity index (χ2n) is 37.2. The van der Waals surface area contributed by atoms with Crippen LogP contribution in [-0.4, -0.2) is 9.13 Å². The minimum absolute atomic E-state index is 0.128. The van der Waals surface area contributed by atoms with Gasteiger partial charge in [-0.25, -0.2) is 0 Å². The number of anilines is 6. The van der Waals surface area contributed by atoms with Crippen LogP contribution in [0.4, 0.5) is 34.1 Å². The van der Waals surface area contributed by atoms with Crippen molar-refractivity contribution in [1.82, 2.24) is 9.13 Å². The Hall–Kier alpha value is -16.4. The van der Waals surface area contributed by atoms with Crippen molar-refractivity contribution in [2.75, 3.05) is 9.80 Å². The number of rotatable bonds is 22. The minimum atomic E-state index is -0.256. The molecule has 0 spiro atoms. The van der Waals surface area contributed by atoms with Crippen molar-refractivity contribution in [3.8, 4) is 123 Å². The van der Waals surface area contributed by atoms with Gasteiger partial charge in [0.05, 0.1) is 27.8 Å². The minimum Gasteiger partial charge on any atom is -0.310 e. The molecule has 0 atom stereocenters. The van der Waals surface area contributed by atoms with E-state index in [9.17, 15) is 0 Å². The van der Waals surface area contributed by atoms with E-state index in [0.717, 1.165) is 67.0 Å². The molecule has 0 amide bonds. The highest BCUT2D eigenvalue weighted by atomic mass is 15.2. The van der Waals surface area contributed by atoms with E-state index in [1.54, 1.807) is 0 Å². The lowest BCUT2D eigenvalue weighted by molar-refractivity contribution is 0.414. The Kier molecular flexibility index (Phi) is 22.2. The first-order valence-electron chi connectivity index (χ1n) is 48.3. The van der Waals surface area contributed by atoms with E-state index in [1.807, 2.05) is 0 Å². The van der Waals surface area contributed by atoms with Crippen molar-refractivity contribution in [3.63, 3.8) is 0 Å². The zero-order valence-electron chi connectivity index (χ0n) is 77.2.